The number of phenolic OH excluding ortho intramolecular Hbond substituents is 1. The Kier molecular flexibility index (Phi) is 3.97. The first kappa shape index (κ1) is 15.7. The Hall–Kier alpha value is -2.15. The fourth-order valence-electron chi connectivity index (χ4n) is 3.69. The monoisotopic (exact) mass is 320 g/mol. The van der Waals surface area contributed by atoms with E-state index in [-0.39, 0.29) is 29.0 Å². The number of benzene rings is 1. The molecule has 1 spiro atoms. The van der Waals surface area contributed by atoms with Gasteiger partial charge in [0.2, 0.25) is 0 Å². The smallest absolute Gasteiger partial charge is 0.311 e. The van der Waals surface area contributed by atoms with Crippen LogP contribution in [0.25, 0.3) is 0 Å². The van der Waals surface area contributed by atoms with E-state index in [9.17, 15) is 20.0 Å². The van der Waals surface area contributed by atoms with Crippen LogP contribution in [0.15, 0.2) is 18.2 Å². The first-order valence-corrected chi connectivity index (χ1v) is 7.88. The minimum Gasteiger partial charge on any atom is -0.502 e. The Balaban J connectivity index is 1.71. The van der Waals surface area contributed by atoms with Crippen LogP contribution in [0.4, 0.5) is 5.69 Å². The van der Waals surface area contributed by atoms with Gasteiger partial charge in [0.1, 0.15) is 0 Å². The first-order valence-electron chi connectivity index (χ1n) is 7.88. The van der Waals surface area contributed by atoms with Crippen LogP contribution in [0.5, 0.6) is 5.75 Å². The highest BCUT2D eigenvalue weighted by Crippen LogP contribution is 2.57. The van der Waals surface area contributed by atoms with Gasteiger partial charge in [0.15, 0.2) is 5.75 Å². The molecular weight excluding hydrogens is 300 g/mol. The second-order valence-corrected chi connectivity index (χ2v) is 6.25. The second-order valence-electron chi connectivity index (χ2n) is 6.25. The molecule has 3 rings (SSSR count). The number of carbonyl (C=O) groups is 1. The van der Waals surface area contributed by atoms with Crippen molar-refractivity contribution in [3.05, 3.63) is 33.9 Å². The molecule has 2 atom stereocenters. The number of nitrogens with one attached hydrogen (secondary N) is 1. The van der Waals surface area contributed by atoms with Gasteiger partial charge in [-0.1, -0.05) is 6.42 Å². The van der Waals surface area contributed by atoms with E-state index in [1.54, 1.807) is 0 Å². The Bertz CT molecular complexity index is 641. The van der Waals surface area contributed by atoms with Crippen molar-refractivity contribution in [1.82, 2.24) is 5.32 Å². The minimum atomic E-state index is -0.700. The molecule has 2 aliphatic carbocycles. The molecule has 124 valence electrons. The fraction of sp³-hybridized carbons (Fsp3) is 0.562. The van der Waals surface area contributed by atoms with Crippen LogP contribution in [0, 0.1) is 15.5 Å². The number of carbonyl (C=O) groups excluding carboxylic acids is 1. The maximum Gasteiger partial charge on any atom is 0.311 e. The van der Waals surface area contributed by atoms with Gasteiger partial charge in [-0.3, -0.25) is 14.9 Å². The molecule has 1 amide bonds. The average molecular weight is 320 g/mol. The number of nitro benzene ring substituents is 1. The molecule has 0 aliphatic heterocycles. The summed E-state index contributed by atoms with van der Waals surface area (Å²) < 4.78 is 5.75. The third-order valence-electron chi connectivity index (χ3n) is 5.18. The van der Waals surface area contributed by atoms with E-state index in [0.717, 1.165) is 31.7 Å². The molecule has 23 heavy (non-hydrogen) atoms. The number of nitrogens with zero attached hydrogens (tertiary/aromatic N) is 1. The summed E-state index contributed by atoms with van der Waals surface area (Å²) in [6.45, 7) is 2.63. The lowest BCUT2D eigenvalue weighted by Gasteiger charge is -2.61. The van der Waals surface area contributed by atoms with Gasteiger partial charge < -0.3 is 15.2 Å². The van der Waals surface area contributed by atoms with E-state index < -0.39 is 16.4 Å². The SMILES string of the molecule is CCO[C@H]1C[C@@H](NC(=O)c2ccc(O)c([N+](=O)[O-])c2)C12CCC2. The Morgan fingerprint density at radius 2 is 2.26 bits per heavy atom. The van der Waals surface area contributed by atoms with Crippen molar-refractivity contribution in [2.45, 2.75) is 44.8 Å². The van der Waals surface area contributed by atoms with Crippen LogP contribution < -0.4 is 5.32 Å². The molecule has 2 fully saturated rings. The summed E-state index contributed by atoms with van der Waals surface area (Å²) >= 11 is 0. The Morgan fingerprint density at radius 3 is 2.83 bits per heavy atom. The highest BCUT2D eigenvalue weighted by atomic mass is 16.6. The van der Waals surface area contributed by atoms with E-state index in [0.29, 0.717) is 6.61 Å². The summed E-state index contributed by atoms with van der Waals surface area (Å²) in [5, 5.41) is 23.3. The number of rotatable bonds is 5. The van der Waals surface area contributed by atoms with Crippen molar-refractivity contribution < 1.29 is 19.6 Å². The summed E-state index contributed by atoms with van der Waals surface area (Å²) in [5.41, 5.74) is -0.241. The van der Waals surface area contributed by atoms with Crippen LogP contribution in [-0.4, -0.2) is 34.7 Å². The van der Waals surface area contributed by atoms with Gasteiger partial charge in [0.25, 0.3) is 5.91 Å². The van der Waals surface area contributed by atoms with Gasteiger partial charge in [0, 0.05) is 29.7 Å². The van der Waals surface area contributed by atoms with E-state index in [1.165, 1.54) is 12.1 Å². The second kappa shape index (κ2) is 5.81. The maximum atomic E-state index is 12.4. The highest BCUT2D eigenvalue weighted by Gasteiger charge is 2.59. The molecule has 2 saturated carbocycles. The number of hydrogen-bond donors (Lipinski definition) is 2. The lowest BCUT2D eigenvalue weighted by Crippen LogP contribution is -2.67. The van der Waals surface area contributed by atoms with Crippen LogP contribution in [0.2, 0.25) is 0 Å². The zero-order valence-corrected chi connectivity index (χ0v) is 12.9. The molecule has 2 aliphatic rings. The molecule has 7 nitrogen and oxygen atoms in total. The summed E-state index contributed by atoms with van der Waals surface area (Å²) in [5.74, 6) is -0.790. The predicted octanol–water partition coefficient (Wildman–Crippen LogP) is 2.38. The molecule has 0 aromatic heterocycles. The summed E-state index contributed by atoms with van der Waals surface area (Å²) in [6, 6.07) is 3.73. The standard InChI is InChI=1S/C16H20N2O5/c1-2-23-14-9-13(16(14)6-3-7-16)17-15(20)10-4-5-12(19)11(8-10)18(21)22/h4-5,8,13-14,19H,2-3,6-7,9H2,1H3,(H,17,20)/t13-,14+/m1/s1. The van der Waals surface area contributed by atoms with Crippen molar-refractivity contribution >= 4 is 11.6 Å². The van der Waals surface area contributed by atoms with Crippen molar-refractivity contribution in [3.63, 3.8) is 0 Å². The summed E-state index contributed by atoms with van der Waals surface area (Å²) in [7, 11) is 0. The molecule has 0 bridgehead atoms. The van der Waals surface area contributed by atoms with Crippen LogP contribution >= 0.6 is 0 Å². The molecule has 0 radical (unpaired) electrons. The molecule has 0 saturated heterocycles. The lowest BCUT2D eigenvalue weighted by molar-refractivity contribution is -0.385. The van der Waals surface area contributed by atoms with Crippen molar-refractivity contribution in [2.24, 2.45) is 5.41 Å². The Labute approximate surface area is 133 Å². The molecule has 0 unspecified atom stereocenters. The molecule has 1 aromatic rings. The molecule has 2 N–H and O–H groups in total. The molecular formula is C16H20N2O5. The van der Waals surface area contributed by atoms with Gasteiger partial charge in [0.05, 0.1) is 11.0 Å². The van der Waals surface area contributed by atoms with Gasteiger partial charge >= 0.3 is 5.69 Å². The zero-order valence-electron chi connectivity index (χ0n) is 12.9. The highest BCUT2D eigenvalue weighted by molar-refractivity contribution is 5.95. The molecule has 7 heteroatoms. The van der Waals surface area contributed by atoms with Gasteiger partial charge in [-0.25, -0.2) is 0 Å². The fourth-order valence-corrected chi connectivity index (χ4v) is 3.69. The van der Waals surface area contributed by atoms with Crippen molar-refractivity contribution in [1.29, 1.82) is 0 Å². The van der Waals surface area contributed by atoms with Gasteiger partial charge in [-0.2, -0.15) is 0 Å². The zero-order chi connectivity index (χ0) is 16.6. The quantitative estimate of drug-likeness (QED) is 0.640. The number of nitro groups is 1. The third-order valence-corrected chi connectivity index (χ3v) is 5.18. The van der Waals surface area contributed by atoms with E-state index in [1.807, 2.05) is 6.92 Å². The number of phenols is 1. The topological polar surface area (TPSA) is 102 Å². The number of ether oxygens (including phenoxy) is 1. The lowest BCUT2D eigenvalue weighted by atomic mass is 9.51. The number of aromatic hydroxyl groups is 1. The molecule has 0 heterocycles. The van der Waals surface area contributed by atoms with Gasteiger partial charge in [-0.15, -0.1) is 0 Å². The third kappa shape index (κ3) is 2.55. The number of hydrogen-bond acceptors (Lipinski definition) is 5. The van der Waals surface area contributed by atoms with Crippen LogP contribution in [0.3, 0.4) is 0 Å². The van der Waals surface area contributed by atoms with E-state index >= 15 is 0 Å². The van der Waals surface area contributed by atoms with Crippen molar-refractivity contribution in [2.75, 3.05) is 6.61 Å². The average Bonchev–Trinajstić information content (AvgIpc) is 2.44. The van der Waals surface area contributed by atoms with E-state index in [2.05, 4.69) is 5.32 Å². The largest absolute Gasteiger partial charge is 0.502 e. The predicted molar refractivity (Wildman–Crippen MR) is 82.3 cm³/mol. The van der Waals surface area contributed by atoms with Crippen LogP contribution in [-0.2, 0) is 4.74 Å². The van der Waals surface area contributed by atoms with E-state index in [4.69, 9.17) is 4.74 Å². The van der Waals surface area contributed by atoms with Crippen LogP contribution in [0.1, 0.15) is 43.0 Å². The van der Waals surface area contributed by atoms with Crippen molar-refractivity contribution in [3.8, 4) is 5.75 Å². The summed E-state index contributed by atoms with van der Waals surface area (Å²) in [4.78, 5) is 22.5. The minimum absolute atomic E-state index is 0.0362. The summed E-state index contributed by atoms with van der Waals surface area (Å²) in [6.07, 6.45) is 4.19. The molecule has 1 aromatic carbocycles. The maximum absolute atomic E-state index is 12.4. The normalized spacial score (nSPS) is 24.6. The number of amides is 1. The Morgan fingerprint density at radius 1 is 1.52 bits per heavy atom. The first-order chi connectivity index (χ1) is 11.0. The van der Waals surface area contributed by atoms with Gasteiger partial charge in [-0.05, 0) is 38.3 Å².